The van der Waals surface area contributed by atoms with E-state index in [-0.39, 0.29) is 10.6 Å². The predicted molar refractivity (Wildman–Crippen MR) is 90.0 cm³/mol. The van der Waals surface area contributed by atoms with Gasteiger partial charge in [-0.15, -0.1) is 0 Å². The molecule has 2 aromatic carbocycles. The first-order valence-corrected chi connectivity index (χ1v) is 8.64. The summed E-state index contributed by atoms with van der Waals surface area (Å²) in [5, 5.41) is 0. The molecular formula is C15H17BrN2O2S. The fourth-order valence-corrected chi connectivity index (χ4v) is 4.14. The lowest BCUT2D eigenvalue weighted by Gasteiger charge is -2.15. The van der Waals surface area contributed by atoms with Gasteiger partial charge in [-0.2, -0.15) is 0 Å². The summed E-state index contributed by atoms with van der Waals surface area (Å²) in [6.07, 6.45) is 0. The van der Waals surface area contributed by atoms with Gasteiger partial charge in [0.05, 0.1) is 11.4 Å². The maximum absolute atomic E-state index is 12.6. The van der Waals surface area contributed by atoms with Gasteiger partial charge in [0.15, 0.2) is 0 Å². The molecule has 4 nitrogen and oxygen atoms in total. The second kappa shape index (κ2) is 5.69. The van der Waals surface area contributed by atoms with E-state index in [0.717, 1.165) is 15.6 Å². The smallest absolute Gasteiger partial charge is 0.264 e. The van der Waals surface area contributed by atoms with Gasteiger partial charge in [-0.25, -0.2) is 8.42 Å². The van der Waals surface area contributed by atoms with E-state index in [9.17, 15) is 8.42 Å². The van der Waals surface area contributed by atoms with Crippen LogP contribution in [-0.4, -0.2) is 8.42 Å². The molecular weight excluding hydrogens is 352 g/mol. The maximum atomic E-state index is 12.6. The molecule has 0 saturated carbocycles. The van der Waals surface area contributed by atoms with E-state index in [0.29, 0.717) is 11.3 Å². The second-order valence-electron chi connectivity index (χ2n) is 4.99. The van der Waals surface area contributed by atoms with Gasteiger partial charge < -0.3 is 5.73 Å². The molecule has 3 N–H and O–H groups in total. The molecule has 2 aromatic rings. The van der Waals surface area contributed by atoms with Crippen LogP contribution >= 0.6 is 15.9 Å². The molecule has 0 unspecified atom stereocenters. The summed E-state index contributed by atoms with van der Waals surface area (Å²) in [5.74, 6) is 0. The minimum atomic E-state index is -3.72. The largest absolute Gasteiger partial charge is 0.398 e. The molecule has 112 valence electrons. The first kappa shape index (κ1) is 15.9. The highest BCUT2D eigenvalue weighted by Gasteiger charge is 2.21. The van der Waals surface area contributed by atoms with Crippen LogP contribution in [0.25, 0.3) is 0 Å². The number of benzene rings is 2. The first-order chi connectivity index (χ1) is 9.72. The fourth-order valence-electron chi connectivity index (χ4n) is 2.11. The van der Waals surface area contributed by atoms with Gasteiger partial charge in [0.2, 0.25) is 0 Å². The zero-order chi connectivity index (χ0) is 15.8. The van der Waals surface area contributed by atoms with Crippen LogP contribution in [0.3, 0.4) is 0 Å². The van der Waals surface area contributed by atoms with Crippen LogP contribution in [0, 0.1) is 20.8 Å². The van der Waals surface area contributed by atoms with E-state index in [2.05, 4.69) is 20.7 Å². The standard InChI is InChI=1S/C15H17BrN2O2S/c1-9-4-6-13(17)15(11(9)3)21(19,20)18-14-7-5-12(16)8-10(14)2/h4-8,18H,17H2,1-3H3. The van der Waals surface area contributed by atoms with Gasteiger partial charge in [0.1, 0.15) is 4.90 Å². The maximum Gasteiger partial charge on any atom is 0.264 e. The SMILES string of the molecule is Cc1cc(Br)ccc1NS(=O)(=O)c1c(N)ccc(C)c1C. The molecule has 6 heteroatoms. The van der Waals surface area contributed by atoms with Gasteiger partial charge in [0.25, 0.3) is 10.0 Å². The summed E-state index contributed by atoms with van der Waals surface area (Å²) in [6.45, 7) is 5.46. The molecule has 0 atom stereocenters. The number of rotatable bonds is 3. The molecule has 0 aliphatic carbocycles. The number of hydrogen-bond donors (Lipinski definition) is 2. The van der Waals surface area contributed by atoms with Gasteiger partial charge in [-0.05, 0) is 61.7 Å². The normalized spacial score (nSPS) is 11.4. The summed E-state index contributed by atoms with van der Waals surface area (Å²) in [6, 6.07) is 8.79. The Morgan fingerprint density at radius 3 is 2.33 bits per heavy atom. The number of nitrogens with one attached hydrogen (secondary N) is 1. The zero-order valence-corrected chi connectivity index (χ0v) is 14.5. The molecule has 2 rings (SSSR count). The number of aryl methyl sites for hydroxylation is 2. The first-order valence-electron chi connectivity index (χ1n) is 6.37. The van der Waals surface area contributed by atoms with E-state index in [1.54, 1.807) is 25.1 Å². The van der Waals surface area contributed by atoms with Crippen LogP contribution in [0.15, 0.2) is 39.7 Å². The van der Waals surface area contributed by atoms with Gasteiger partial charge in [0, 0.05) is 4.47 Å². The molecule has 0 bridgehead atoms. The Balaban J connectivity index is 2.51. The van der Waals surface area contributed by atoms with Crippen molar-refractivity contribution in [3.8, 4) is 0 Å². The Hall–Kier alpha value is -1.53. The molecule has 0 saturated heterocycles. The summed E-state index contributed by atoms with van der Waals surface area (Å²) in [4.78, 5) is 0.143. The van der Waals surface area contributed by atoms with Gasteiger partial charge in [-0.3, -0.25) is 4.72 Å². The van der Waals surface area contributed by atoms with Crippen molar-refractivity contribution >= 4 is 37.3 Å². The van der Waals surface area contributed by atoms with E-state index < -0.39 is 10.0 Å². The summed E-state index contributed by atoms with van der Waals surface area (Å²) in [5.41, 5.74) is 9.04. The summed E-state index contributed by atoms with van der Waals surface area (Å²) in [7, 11) is -3.72. The molecule has 0 heterocycles. The number of anilines is 2. The van der Waals surface area contributed by atoms with E-state index in [1.807, 2.05) is 26.0 Å². The van der Waals surface area contributed by atoms with Crippen molar-refractivity contribution in [1.29, 1.82) is 0 Å². The van der Waals surface area contributed by atoms with Crippen LogP contribution in [0.2, 0.25) is 0 Å². The van der Waals surface area contributed by atoms with Crippen molar-refractivity contribution < 1.29 is 8.42 Å². The number of sulfonamides is 1. The summed E-state index contributed by atoms with van der Waals surface area (Å²) >= 11 is 3.36. The van der Waals surface area contributed by atoms with Crippen LogP contribution < -0.4 is 10.5 Å². The molecule has 0 aromatic heterocycles. The van der Waals surface area contributed by atoms with Crippen LogP contribution in [-0.2, 0) is 10.0 Å². The zero-order valence-electron chi connectivity index (χ0n) is 12.1. The van der Waals surface area contributed by atoms with Gasteiger partial charge >= 0.3 is 0 Å². The van der Waals surface area contributed by atoms with Gasteiger partial charge in [-0.1, -0.05) is 22.0 Å². The minimum absolute atomic E-state index is 0.143. The highest BCUT2D eigenvalue weighted by Crippen LogP contribution is 2.29. The van der Waals surface area contributed by atoms with Crippen LogP contribution in [0.4, 0.5) is 11.4 Å². The van der Waals surface area contributed by atoms with E-state index in [1.165, 1.54) is 0 Å². The number of nitrogens with two attached hydrogens (primary N) is 1. The quantitative estimate of drug-likeness (QED) is 0.810. The Morgan fingerprint density at radius 1 is 1.05 bits per heavy atom. The number of halogens is 1. The van der Waals surface area contributed by atoms with Crippen molar-refractivity contribution in [3.63, 3.8) is 0 Å². The molecule has 0 fully saturated rings. The average Bonchev–Trinajstić information content (AvgIpc) is 2.37. The highest BCUT2D eigenvalue weighted by molar-refractivity contribution is 9.10. The Kier molecular flexibility index (Phi) is 4.30. The molecule has 0 aliphatic rings. The molecule has 0 spiro atoms. The summed E-state index contributed by atoms with van der Waals surface area (Å²) < 4.78 is 28.8. The second-order valence-corrected chi connectivity index (χ2v) is 7.53. The molecule has 0 amide bonds. The lowest BCUT2D eigenvalue weighted by Crippen LogP contribution is -2.17. The van der Waals surface area contributed by atoms with Crippen molar-refractivity contribution in [2.75, 3.05) is 10.5 Å². The van der Waals surface area contributed by atoms with Crippen molar-refractivity contribution in [2.24, 2.45) is 0 Å². The Morgan fingerprint density at radius 2 is 1.71 bits per heavy atom. The topological polar surface area (TPSA) is 72.2 Å². The lowest BCUT2D eigenvalue weighted by molar-refractivity contribution is 0.601. The van der Waals surface area contributed by atoms with Crippen molar-refractivity contribution in [3.05, 3.63) is 51.5 Å². The number of nitrogen functional groups attached to an aromatic ring is 1. The van der Waals surface area contributed by atoms with E-state index in [4.69, 9.17) is 5.73 Å². The molecule has 21 heavy (non-hydrogen) atoms. The monoisotopic (exact) mass is 368 g/mol. The molecule has 0 radical (unpaired) electrons. The third-order valence-corrected chi connectivity index (χ3v) is 5.47. The Bertz CT molecular complexity index is 802. The van der Waals surface area contributed by atoms with Crippen molar-refractivity contribution in [1.82, 2.24) is 0 Å². The number of hydrogen-bond acceptors (Lipinski definition) is 3. The van der Waals surface area contributed by atoms with Crippen molar-refractivity contribution in [2.45, 2.75) is 25.7 Å². The van der Waals surface area contributed by atoms with E-state index >= 15 is 0 Å². The predicted octanol–water partition coefficient (Wildman–Crippen LogP) is 3.76. The fraction of sp³-hybridized carbons (Fsp3) is 0.200. The third-order valence-electron chi connectivity index (χ3n) is 3.41. The highest BCUT2D eigenvalue weighted by atomic mass is 79.9. The molecule has 0 aliphatic heterocycles. The minimum Gasteiger partial charge on any atom is -0.398 e. The van der Waals surface area contributed by atoms with Crippen LogP contribution in [0.5, 0.6) is 0 Å². The van der Waals surface area contributed by atoms with Crippen LogP contribution in [0.1, 0.15) is 16.7 Å². The lowest BCUT2D eigenvalue weighted by atomic mass is 10.1. The average molecular weight is 369 g/mol. The third kappa shape index (κ3) is 3.22. The Labute approximate surface area is 133 Å².